The first kappa shape index (κ1) is 14.3. The number of hydrogen-bond acceptors (Lipinski definition) is 2. The van der Waals surface area contributed by atoms with Crippen molar-refractivity contribution < 1.29 is 4.79 Å². The molecule has 1 N–H and O–H groups in total. The molecule has 22 heavy (non-hydrogen) atoms. The summed E-state index contributed by atoms with van der Waals surface area (Å²) in [6.45, 7) is 1.07. The second kappa shape index (κ2) is 6.04. The van der Waals surface area contributed by atoms with Crippen LogP contribution in [0.1, 0.15) is 50.5 Å². The highest BCUT2D eigenvalue weighted by Gasteiger charge is 2.40. The quantitative estimate of drug-likeness (QED) is 0.926. The Bertz CT molecular complexity index is 511. The number of benzene rings is 1. The predicted octanol–water partition coefficient (Wildman–Crippen LogP) is 3.10. The third-order valence-corrected chi connectivity index (χ3v) is 5.63. The van der Waals surface area contributed by atoms with Crippen LogP contribution in [-0.4, -0.2) is 28.9 Å². The molecule has 1 amide bonds. The van der Waals surface area contributed by atoms with Crippen LogP contribution in [-0.2, 0) is 11.3 Å². The summed E-state index contributed by atoms with van der Waals surface area (Å²) >= 11 is 0. The van der Waals surface area contributed by atoms with Gasteiger partial charge < -0.3 is 5.32 Å². The largest absolute Gasteiger partial charge is 0.353 e. The van der Waals surface area contributed by atoms with E-state index in [4.69, 9.17) is 0 Å². The molecule has 1 saturated carbocycles. The van der Waals surface area contributed by atoms with Crippen LogP contribution in [0.5, 0.6) is 0 Å². The maximum absolute atomic E-state index is 12.0. The van der Waals surface area contributed by atoms with Crippen LogP contribution in [0.25, 0.3) is 0 Å². The van der Waals surface area contributed by atoms with Crippen molar-refractivity contribution in [1.82, 2.24) is 10.2 Å². The van der Waals surface area contributed by atoms with E-state index in [2.05, 4.69) is 40.5 Å². The molecule has 1 aromatic carbocycles. The predicted molar refractivity (Wildman–Crippen MR) is 87.3 cm³/mol. The lowest BCUT2D eigenvalue weighted by atomic mass is 9.81. The van der Waals surface area contributed by atoms with Gasteiger partial charge in [0.25, 0.3) is 0 Å². The third-order valence-electron chi connectivity index (χ3n) is 5.63. The molecule has 1 aliphatic carbocycles. The summed E-state index contributed by atoms with van der Waals surface area (Å²) in [6.07, 6.45) is 8.42. The third kappa shape index (κ3) is 3.05. The van der Waals surface area contributed by atoms with Gasteiger partial charge in [0, 0.05) is 30.6 Å². The van der Waals surface area contributed by atoms with Gasteiger partial charge in [-0.3, -0.25) is 9.69 Å². The Morgan fingerprint density at radius 1 is 1.05 bits per heavy atom. The van der Waals surface area contributed by atoms with Gasteiger partial charge in [0.1, 0.15) is 0 Å². The molecule has 2 bridgehead atoms. The van der Waals surface area contributed by atoms with Gasteiger partial charge in [-0.25, -0.2) is 0 Å². The summed E-state index contributed by atoms with van der Waals surface area (Å²) in [5.74, 6) is 0.654. The molecule has 3 fully saturated rings. The fourth-order valence-corrected chi connectivity index (χ4v) is 4.31. The van der Waals surface area contributed by atoms with E-state index in [0.717, 1.165) is 32.2 Å². The fraction of sp³-hybridized carbons (Fsp3) is 0.632. The number of fused-ring (bicyclic) bond motifs is 2. The number of piperidine rings is 2. The molecule has 2 aliphatic heterocycles. The van der Waals surface area contributed by atoms with Crippen molar-refractivity contribution in [2.45, 2.75) is 69.6 Å². The highest BCUT2D eigenvalue weighted by Crippen LogP contribution is 2.36. The average Bonchev–Trinajstić information content (AvgIpc) is 3.34. The molecule has 4 rings (SSSR count). The Kier molecular flexibility index (Phi) is 3.91. The highest BCUT2D eigenvalue weighted by molar-refractivity contribution is 5.81. The second-order valence-electron chi connectivity index (χ2n) is 7.35. The van der Waals surface area contributed by atoms with Crippen molar-refractivity contribution in [2.75, 3.05) is 0 Å². The molecule has 3 aliphatic rings. The van der Waals surface area contributed by atoms with Crippen LogP contribution in [0, 0.1) is 5.92 Å². The first-order valence-electron chi connectivity index (χ1n) is 8.89. The van der Waals surface area contributed by atoms with Crippen molar-refractivity contribution in [3.05, 3.63) is 35.9 Å². The van der Waals surface area contributed by atoms with Crippen molar-refractivity contribution in [3.63, 3.8) is 0 Å². The van der Waals surface area contributed by atoms with Crippen molar-refractivity contribution in [3.8, 4) is 0 Å². The van der Waals surface area contributed by atoms with Crippen molar-refractivity contribution >= 4 is 5.91 Å². The molecule has 3 heteroatoms. The monoisotopic (exact) mass is 298 g/mol. The van der Waals surface area contributed by atoms with Crippen LogP contribution in [0.2, 0.25) is 0 Å². The molecule has 0 radical (unpaired) electrons. The fourth-order valence-electron chi connectivity index (χ4n) is 4.31. The maximum atomic E-state index is 12.0. The molecule has 2 saturated heterocycles. The lowest BCUT2D eigenvalue weighted by Crippen LogP contribution is -2.56. The van der Waals surface area contributed by atoms with E-state index in [0.29, 0.717) is 30.0 Å². The zero-order valence-corrected chi connectivity index (χ0v) is 13.2. The number of rotatable bonds is 4. The Labute approximate surface area is 133 Å². The number of carbonyl (C=O) groups excluding carboxylic acids is 1. The SMILES string of the molecule is O=C(NC1CC2CCCC(C1)N2Cc1ccccc1)C1CC1. The zero-order chi connectivity index (χ0) is 14.9. The first-order valence-corrected chi connectivity index (χ1v) is 8.89. The van der Waals surface area contributed by atoms with E-state index in [1.807, 2.05) is 0 Å². The van der Waals surface area contributed by atoms with Gasteiger partial charge in [0.05, 0.1) is 0 Å². The van der Waals surface area contributed by atoms with Gasteiger partial charge in [-0.2, -0.15) is 0 Å². The lowest BCUT2D eigenvalue weighted by Gasteiger charge is -2.49. The Balaban J connectivity index is 1.41. The molecule has 1 aromatic rings. The molecule has 3 nitrogen and oxygen atoms in total. The minimum absolute atomic E-state index is 0.319. The summed E-state index contributed by atoms with van der Waals surface area (Å²) < 4.78 is 0. The summed E-state index contributed by atoms with van der Waals surface area (Å²) in [5.41, 5.74) is 1.42. The standard InChI is InChI=1S/C19H26N2O/c22-19(15-9-10-15)20-16-11-17-7-4-8-18(12-16)21(17)13-14-5-2-1-3-6-14/h1-3,5-6,15-18H,4,7-13H2,(H,20,22). The topological polar surface area (TPSA) is 32.3 Å². The Hall–Kier alpha value is -1.35. The van der Waals surface area contributed by atoms with Gasteiger partial charge in [-0.05, 0) is 44.1 Å². The molecule has 2 unspecified atom stereocenters. The average molecular weight is 298 g/mol. The Morgan fingerprint density at radius 2 is 1.73 bits per heavy atom. The normalized spacial score (nSPS) is 31.7. The van der Waals surface area contributed by atoms with Gasteiger partial charge in [-0.1, -0.05) is 36.8 Å². The number of amides is 1. The summed E-state index contributed by atoms with van der Waals surface area (Å²) in [4.78, 5) is 14.7. The van der Waals surface area contributed by atoms with E-state index in [-0.39, 0.29) is 0 Å². The van der Waals surface area contributed by atoms with Gasteiger partial charge >= 0.3 is 0 Å². The van der Waals surface area contributed by atoms with Crippen LogP contribution in [0.4, 0.5) is 0 Å². The molecular formula is C19H26N2O. The Morgan fingerprint density at radius 3 is 2.36 bits per heavy atom. The number of nitrogens with zero attached hydrogens (tertiary/aromatic N) is 1. The van der Waals surface area contributed by atoms with Crippen LogP contribution < -0.4 is 5.32 Å². The minimum atomic E-state index is 0.319. The van der Waals surface area contributed by atoms with E-state index in [1.165, 1.54) is 24.8 Å². The summed E-state index contributed by atoms with van der Waals surface area (Å²) in [7, 11) is 0. The van der Waals surface area contributed by atoms with Crippen molar-refractivity contribution in [2.24, 2.45) is 5.92 Å². The van der Waals surface area contributed by atoms with E-state index in [1.54, 1.807) is 0 Å². The number of nitrogens with one attached hydrogen (secondary N) is 1. The summed E-state index contributed by atoms with van der Waals surface area (Å²) in [6, 6.07) is 12.5. The van der Waals surface area contributed by atoms with Crippen LogP contribution >= 0.6 is 0 Å². The number of carbonyl (C=O) groups is 1. The van der Waals surface area contributed by atoms with Crippen LogP contribution in [0.15, 0.2) is 30.3 Å². The van der Waals surface area contributed by atoms with E-state index >= 15 is 0 Å². The molecule has 2 heterocycles. The van der Waals surface area contributed by atoms with Crippen LogP contribution in [0.3, 0.4) is 0 Å². The van der Waals surface area contributed by atoms with E-state index in [9.17, 15) is 4.79 Å². The molecular weight excluding hydrogens is 272 g/mol. The molecule has 118 valence electrons. The molecule has 0 spiro atoms. The lowest BCUT2D eigenvalue weighted by molar-refractivity contribution is -0.124. The van der Waals surface area contributed by atoms with Gasteiger partial charge in [-0.15, -0.1) is 0 Å². The minimum Gasteiger partial charge on any atom is -0.353 e. The molecule has 2 atom stereocenters. The molecule has 0 aromatic heterocycles. The summed E-state index contributed by atoms with van der Waals surface area (Å²) in [5, 5.41) is 3.33. The smallest absolute Gasteiger partial charge is 0.223 e. The van der Waals surface area contributed by atoms with Crippen molar-refractivity contribution in [1.29, 1.82) is 0 Å². The van der Waals surface area contributed by atoms with Gasteiger partial charge in [0.2, 0.25) is 5.91 Å². The second-order valence-corrected chi connectivity index (χ2v) is 7.35. The first-order chi connectivity index (χ1) is 10.8. The highest BCUT2D eigenvalue weighted by atomic mass is 16.2. The number of hydrogen-bond donors (Lipinski definition) is 1. The zero-order valence-electron chi connectivity index (χ0n) is 13.2. The maximum Gasteiger partial charge on any atom is 0.223 e. The van der Waals surface area contributed by atoms with Gasteiger partial charge in [0.15, 0.2) is 0 Å². The van der Waals surface area contributed by atoms with E-state index < -0.39 is 0 Å².